The van der Waals surface area contributed by atoms with Gasteiger partial charge < -0.3 is 9.88 Å². The largest absolute Gasteiger partial charge is 0.345 e. The summed E-state index contributed by atoms with van der Waals surface area (Å²) in [6.07, 6.45) is 1.92. The minimum atomic E-state index is -0.0732. The van der Waals surface area contributed by atoms with Crippen LogP contribution in [0.5, 0.6) is 0 Å². The minimum absolute atomic E-state index is 0.0732. The normalized spacial score (nSPS) is 15.6. The Morgan fingerprint density at radius 2 is 2.00 bits per heavy atom. The van der Waals surface area contributed by atoms with Crippen LogP contribution >= 0.6 is 0 Å². The Labute approximate surface area is 156 Å². The van der Waals surface area contributed by atoms with Gasteiger partial charge in [-0.2, -0.15) is 5.10 Å². The van der Waals surface area contributed by atoms with Crippen LogP contribution in [0.25, 0.3) is 11.0 Å². The zero-order valence-electron chi connectivity index (χ0n) is 15.7. The van der Waals surface area contributed by atoms with Gasteiger partial charge in [0.2, 0.25) is 5.91 Å². The fraction of sp³-hybridized carbons (Fsp3) is 0.474. The van der Waals surface area contributed by atoms with Gasteiger partial charge in [-0.15, -0.1) is 0 Å². The number of likely N-dealkylation sites (tertiary alicyclic amines) is 1. The molecule has 3 aromatic rings. The zero-order valence-corrected chi connectivity index (χ0v) is 15.7. The Bertz CT molecular complexity index is 989. The number of piperidine rings is 1. The number of rotatable bonds is 4. The monoisotopic (exact) mass is 368 g/mol. The van der Waals surface area contributed by atoms with E-state index in [0.29, 0.717) is 25.5 Å². The number of carbonyl (C=O) groups is 1. The highest BCUT2D eigenvalue weighted by Gasteiger charge is 2.28. The summed E-state index contributed by atoms with van der Waals surface area (Å²) in [5.41, 5.74) is 1.76. The smallest absolute Gasteiger partial charge is 0.342 e. The number of fused-ring (bicyclic) bond motifs is 1. The number of imidazole rings is 1. The zero-order chi connectivity index (χ0) is 19.0. The van der Waals surface area contributed by atoms with Gasteiger partial charge in [0, 0.05) is 32.6 Å². The van der Waals surface area contributed by atoms with Crippen LogP contribution in [0.1, 0.15) is 37.3 Å². The summed E-state index contributed by atoms with van der Waals surface area (Å²) in [5, 5.41) is 4.42. The molecule has 27 heavy (non-hydrogen) atoms. The van der Waals surface area contributed by atoms with Crippen molar-refractivity contribution in [1.82, 2.24) is 29.2 Å². The first-order chi connectivity index (χ1) is 13.1. The SMILES string of the molecule is CCn1c(C2CCN(C(=O)Cc3nc4ccccc4[nH]3)CC2)nn(C)c1=O. The molecule has 1 saturated heterocycles. The second-order valence-corrected chi connectivity index (χ2v) is 7.04. The average Bonchev–Trinajstić information content (AvgIpc) is 3.22. The number of aryl methyl sites for hydroxylation is 1. The molecule has 0 spiro atoms. The quantitative estimate of drug-likeness (QED) is 0.754. The first-order valence-corrected chi connectivity index (χ1v) is 9.42. The number of hydrogen-bond acceptors (Lipinski definition) is 4. The molecule has 0 unspecified atom stereocenters. The number of benzene rings is 1. The first-order valence-electron chi connectivity index (χ1n) is 9.42. The molecule has 1 aromatic carbocycles. The van der Waals surface area contributed by atoms with Crippen LogP contribution in [-0.2, 0) is 24.8 Å². The molecule has 0 aliphatic carbocycles. The number of carbonyl (C=O) groups excluding carboxylic acids is 1. The summed E-state index contributed by atoms with van der Waals surface area (Å²) < 4.78 is 3.13. The van der Waals surface area contributed by atoms with Crippen molar-refractivity contribution in [3.05, 3.63) is 46.4 Å². The summed E-state index contributed by atoms with van der Waals surface area (Å²) in [6, 6.07) is 7.78. The van der Waals surface area contributed by atoms with Gasteiger partial charge in [0.25, 0.3) is 0 Å². The number of nitrogens with one attached hydrogen (secondary N) is 1. The van der Waals surface area contributed by atoms with Crippen molar-refractivity contribution in [3.63, 3.8) is 0 Å². The molecule has 1 aliphatic heterocycles. The van der Waals surface area contributed by atoms with Crippen molar-refractivity contribution in [2.75, 3.05) is 13.1 Å². The van der Waals surface area contributed by atoms with Crippen LogP contribution in [-0.4, -0.2) is 48.2 Å². The van der Waals surface area contributed by atoms with E-state index >= 15 is 0 Å². The van der Waals surface area contributed by atoms with Crippen LogP contribution in [0.3, 0.4) is 0 Å². The molecule has 0 saturated carbocycles. The Balaban J connectivity index is 1.41. The molecule has 1 fully saturated rings. The van der Waals surface area contributed by atoms with Gasteiger partial charge in [-0.25, -0.2) is 14.5 Å². The molecule has 0 atom stereocenters. The molecule has 1 amide bonds. The number of para-hydroxylation sites is 2. The Morgan fingerprint density at radius 1 is 1.26 bits per heavy atom. The lowest BCUT2D eigenvalue weighted by molar-refractivity contribution is -0.131. The molecular weight excluding hydrogens is 344 g/mol. The molecule has 1 aliphatic rings. The number of aromatic nitrogens is 5. The van der Waals surface area contributed by atoms with Gasteiger partial charge in [-0.05, 0) is 31.9 Å². The van der Waals surface area contributed by atoms with Gasteiger partial charge >= 0.3 is 5.69 Å². The van der Waals surface area contributed by atoms with Crippen LogP contribution < -0.4 is 5.69 Å². The van der Waals surface area contributed by atoms with Gasteiger partial charge in [-0.3, -0.25) is 9.36 Å². The average molecular weight is 368 g/mol. The van der Waals surface area contributed by atoms with E-state index in [1.54, 1.807) is 11.6 Å². The van der Waals surface area contributed by atoms with Crippen molar-refractivity contribution < 1.29 is 4.79 Å². The number of hydrogen-bond donors (Lipinski definition) is 1. The molecule has 8 nitrogen and oxygen atoms in total. The maximum absolute atomic E-state index is 12.7. The number of H-pyrrole nitrogens is 1. The maximum atomic E-state index is 12.7. The molecule has 1 N–H and O–H groups in total. The molecule has 3 heterocycles. The van der Waals surface area contributed by atoms with E-state index < -0.39 is 0 Å². The van der Waals surface area contributed by atoms with E-state index in [1.807, 2.05) is 36.1 Å². The molecule has 0 bridgehead atoms. The number of nitrogens with zero attached hydrogens (tertiary/aromatic N) is 5. The fourth-order valence-corrected chi connectivity index (χ4v) is 3.85. The summed E-state index contributed by atoms with van der Waals surface area (Å²) >= 11 is 0. The van der Waals surface area contributed by atoms with Crippen molar-refractivity contribution >= 4 is 16.9 Å². The third-order valence-corrected chi connectivity index (χ3v) is 5.32. The molecule has 4 rings (SSSR count). The minimum Gasteiger partial charge on any atom is -0.342 e. The van der Waals surface area contributed by atoms with Gasteiger partial charge in [0.15, 0.2) is 0 Å². The van der Waals surface area contributed by atoms with E-state index in [1.165, 1.54) is 4.68 Å². The van der Waals surface area contributed by atoms with Gasteiger partial charge in [0.05, 0.1) is 17.5 Å². The van der Waals surface area contributed by atoms with Crippen LogP contribution in [0.4, 0.5) is 0 Å². The highest BCUT2D eigenvalue weighted by atomic mass is 16.2. The van der Waals surface area contributed by atoms with E-state index in [-0.39, 0.29) is 23.9 Å². The topological polar surface area (TPSA) is 88.8 Å². The lowest BCUT2D eigenvalue weighted by Crippen LogP contribution is -2.39. The molecule has 142 valence electrons. The third-order valence-electron chi connectivity index (χ3n) is 5.32. The maximum Gasteiger partial charge on any atom is 0.345 e. The summed E-state index contributed by atoms with van der Waals surface area (Å²) in [7, 11) is 1.68. The van der Waals surface area contributed by atoms with Gasteiger partial charge in [0.1, 0.15) is 11.6 Å². The van der Waals surface area contributed by atoms with E-state index in [4.69, 9.17) is 0 Å². The number of aromatic amines is 1. The summed E-state index contributed by atoms with van der Waals surface area (Å²) in [4.78, 5) is 34.4. The highest BCUT2D eigenvalue weighted by molar-refractivity contribution is 5.80. The standard InChI is InChI=1S/C19H24N6O2/c1-3-25-18(22-23(2)19(25)27)13-8-10-24(11-9-13)17(26)12-16-20-14-6-4-5-7-15(14)21-16/h4-7,13H,3,8-12H2,1-2H3,(H,20,21). The molecule has 2 aromatic heterocycles. The van der Waals surface area contributed by atoms with E-state index in [9.17, 15) is 9.59 Å². The van der Waals surface area contributed by atoms with E-state index in [2.05, 4.69) is 15.1 Å². The highest BCUT2D eigenvalue weighted by Crippen LogP contribution is 2.26. The van der Waals surface area contributed by atoms with Crippen molar-refractivity contribution in [2.45, 2.75) is 38.6 Å². The molecular formula is C19H24N6O2. The van der Waals surface area contributed by atoms with Crippen molar-refractivity contribution in [2.24, 2.45) is 7.05 Å². The van der Waals surface area contributed by atoms with Gasteiger partial charge in [-0.1, -0.05) is 12.1 Å². The predicted octanol–water partition coefficient (Wildman–Crippen LogP) is 1.43. The summed E-state index contributed by atoms with van der Waals surface area (Å²) in [6.45, 7) is 3.93. The summed E-state index contributed by atoms with van der Waals surface area (Å²) in [5.74, 6) is 1.85. The van der Waals surface area contributed by atoms with E-state index in [0.717, 1.165) is 29.7 Å². The lowest BCUT2D eigenvalue weighted by atomic mass is 9.95. The van der Waals surface area contributed by atoms with Crippen molar-refractivity contribution in [1.29, 1.82) is 0 Å². The lowest BCUT2D eigenvalue weighted by Gasteiger charge is -2.31. The Hall–Kier alpha value is -2.90. The van der Waals surface area contributed by atoms with Crippen LogP contribution in [0, 0.1) is 0 Å². The van der Waals surface area contributed by atoms with Crippen LogP contribution in [0.2, 0.25) is 0 Å². The Morgan fingerprint density at radius 3 is 2.70 bits per heavy atom. The van der Waals surface area contributed by atoms with Crippen LogP contribution in [0.15, 0.2) is 29.1 Å². The number of amides is 1. The fourth-order valence-electron chi connectivity index (χ4n) is 3.85. The molecule has 0 radical (unpaired) electrons. The van der Waals surface area contributed by atoms with Crippen molar-refractivity contribution in [3.8, 4) is 0 Å². The Kier molecular flexibility index (Phi) is 4.55. The second-order valence-electron chi connectivity index (χ2n) is 7.04. The third kappa shape index (κ3) is 3.27. The molecule has 8 heteroatoms. The predicted molar refractivity (Wildman–Crippen MR) is 101 cm³/mol. The second kappa shape index (κ2) is 7.02. The first kappa shape index (κ1) is 17.5.